The zero-order chi connectivity index (χ0) is 9.56. The van der Waals surface area contributed by atoms with Gasteiger partial charge in [-0.05, 0) is 30.7 Å². The summed E-state index contributed by atoms with van der Waals surface area (Å²) in [6.07, 6.45) is 5.13. The summed E-state index contributed by atoms with van der Waals surface area (Å²) in [4.78, 5) is 0. The summed E-state index contributed by atoms with van der Waals surface area (Å²) in [6, 6.07) is 5.08. The van der Waals surface area contributed by atoms with Gasteiger partial charge in [-0.15, -0.1) is 19.6 Å². The molecule has 0 saturated carbocycles. The van der Waals surface area contributed by atoms with Crippen LogP contribution in [0.5, 0.6) is 5.75 Å². The van der Waals surface area contributed by atoms with Gasteiger partial charge < -0.3 is 5.11 Å². The van der Waals surface area contributed by atoms with Crippen molar-refractivity contribution in [2.45, 2.75) is 6.92 Å². The first-order valence-corrected chi connectivity index (χ1v) is 3.49. The average Bonchev–Trinajstić information content (AvgIpc) is 2.06. The Hall–Kier alpha value is -1.68. The van der Waals surface area contributed by atoms with E-state index in [-0.39, 0.29) is 5.75 Å². The van der Waals surface area contributed by atoms with Crippen LogP contribution in [0.25, 0.3) is 0 Å². The van der Waals surface area contributed by atoms with E-state index in [0.717, 1.165) is 11.1 Å². The molecule has 62 valence electrons. The Bertz CT molecular complexity index is 274. The normalized spacial score (nSPS) is 7.67. The predicted molar refractivity (Wildman–Crippen MR) is 52.0 cm³/mol. The highest BCUT2D eigenvalue weighted by atomic mass is 16.3. The molecule has 0 aromatic heterocycles. The molecule has 0 saturated heterocycles. The molecule has 12 heavy (non-hydrogen) atoms. The zero-order valence-corrected chi connectivity index (χ0v) is 7.17. The lowest BCUT2D eigenvalue weighted by Crippen LogP contribution is -1.76. The van der Waals surface area contributed by atoms with Crippen LogP contribution in [0, 0.1) is 19.3 Å². The third-order valence-corrected chi connectivity index (χ3v) is 1.23. The molecule has 0 bridgehead atoms. The van der Waals surface area contributed by atoms with E-state index in [0.29, 0.717) is 0 Å². The van der Waals surface area contributed by atoms with Crippen molar-refractivity contribution in [2.24, 2.45) is 0 Å². The second-order valence-corrected chi connectivity index (χ2v) is 2.20. The molecule has 0 heterocycles. The Morgan fingerprint density at radius 1 is 1.33 bits per heavy atom. The number of terminal acetylenes is 1. The van der Waals surface area contributed by atoms with Crippen LogP contribution in [-0.2, 0) is 0 Å². The van der Waals surface area contributed by atoms with Gasteiger partial charge in [-0.1, -0.05) is 5.92 Å². The maximum Gasteiger partial charge on any atom is 0.117 e. The van der Waals surface area contributed by atoms with E-state index in [9.17, 15) is 0 Å². The first kappa shape index (κ1) is 10.3. The van der Waals surface area contributed by atoms with Crippen molar-refractivity contribution in [1.82, 2.24) is 0 Å². The maximum absolute atomic E-state index is 9.03. The second kappa shape index (κ2) is 5.03. The fourth-order valence-corrected chi connectivity index (χ4v) is 0.846. The number of aromatic hydroxyl groups is 1. The van der Waals surface area contributed by atoms with Crippen LogP contribution in [0.4, 0.5) is 0 Å². The molecular formula is C11H12O. The van der Waals surface area contributed by atoms with Gasteiger partial charge in [0.1, 0.15) is 5.75 Å². The molecule has 1 rings (SSSR count). The number of hydrogen-bond donors (Lipinski definition) is 1. The lowest BCUT2D eigenvalue weighted by atomic mass is 10.1. The SMILES string of the molecule is C#Cc1cc(C)cc(O)c1.C=C. The van der Waals surface area contributed by atoms with Crippen LogP contribution in [0.15, 0.2) is 31.4 Å². The van der Waals surface area contributed by atoms with E-state index in [1.165, 1.54) is 0 Å². The number of phenolic OH excluding ortho intramolecular Hbond substituents is 1. The molecule has 1 aromatic rings. The molecule has 0 fully saturated rings. The molecule has 1 heteroatoms. The van der Waals surface area contributed by atoms with Gasteiger partial charge in [0, 0.05) is 5.56 Å². The summed E-state index contributed by atoms with van der Waals surface area (Å²) in [5, 5.41) is 9.03. The Morgan fingerprint density at radius 3 is 2.33 bits per heavy atom. The highest BCUT2D eigenvalue weighted by Gasteiger charge is 1.91. The molecule has 0 aliphatic rings. The van der Waals surface area contributed by atoms with Crippen molar-refractivity contribution in [3.8, 4) is 18.1 Å². The molecule has 0 radical (unpaired) electrons. The number of benzene rings is 1. The number of aryl methyl sites for hydroxylation is 1. The third kappa shape index (κ3) is 2.94. The van der Waals surface area contributed by atoms with Gasteiger partial charge >= 0.3 is 0 Å². The summed E-state index contributed by atoms with van der Waals surface area (Å²) in [5.41, 5.74) is 1.70. The van der Waals surface area contributed by atoms with Gasteiger partial charge in [0.05, 0.1) is 0 Å². The Morgan fingerprint density at radius 2 is 1.92 bits per heavy atom. The number of phenols is 1. The lowest BCUT2D eigenvalue weighted by molar-refractivity contribution is 0.474. The summed E-state index contributed by atoms with van der Waals surface area (Å²) < 4.78 is 0. The Balaban J connectivity index is 0.000000561. The smallest absolute Gasteiger partial charge is 0.117 e. The van der Waals surface area contributed by atoms with Gasteiger partial charge in [0.2, 0.25) is 0 Å². The summed E-state index contributed by atoms with van der Waals surface area (Å²) in [6.45, 7) is 7.89. The van der Waals surface area contributed by atoms with Gasteiger partial charge in [0.25, 0.3) is 0 Å². The van der Waals surface area contributed by atoms with E-state index in [4.69, 9.17) is 11.5 Å². The fourth-order valence-electron chi connectivity index (χ4n) is 0.846. The van der Waals surface area contributed by atoms with Crippen molar-refractivity contribution >= 4 is 0 Å². The average molecular weight is 160 g/mol. The summed E-state index contributed by atoms with van der Waals surface area (Å²) in [7, 11) is 0. The number of hydrogen-bond acceptors (Lipinski definition) is 1. The maximum atomic E-state index is 9.03. The van der Waals surface area contributed by atoms with Crippen molar-refractivity contribution in [3.05, 3.63) is 42.5 Å². The monoisotopic (exact) mass is 160 g/mol. The summed E-state index contributed by atoms with van der Waals surface area (Å²) in [5.74, 6) is 2.68. The zero-order valence-electron chi connectivity index (χ0n) is 7.17. The molecule has 0 amide bonds. The molecule has 0 aliphatic heterocycles. The van der Waals surface area contributed by atoms with Crippen molar-refractivity contribution in [2.75, 3.05) is 0 Å². The van der Waals surface area contributed by atoms with Gasteiger partial charge in [0.15, 0.2) is 0 Å². The van der Waals surface area contributed by atoms with Crippen LogP contribution < -0.4 is 0 Å². The minimum atomic E-state index is 0.230. The number of rotatable bonds is 0. The van der Waals surface area contributed by atoms with Crippen molar-refractivity contribution in [1.29, 1.82) is 0 Å². The molecule has 0 unspecified atom stereocenters. The van der Waals surface area contributed by atoms with Gasteiger partial charge in [-0.3, -0.25) is 0 Å². The quantitative estimate of drug-likeness (QED) is 0.456. The van der Waals surface area contributed by atoms with Crippen LogP contribution in [-0.4, -0.2) is 5.11 Å². The van der Waals surface area contributed by atoms with Crippen LogP contribution >= 0.6 is 0 Å². The standard InChI is InChI=1S/C9H8O.C2H4/c1-3-8-4-7(2)5-9(10)6-8;1-2/h1,4-6,10H,2H3;1-2H2. The lowest BCUT2D eigenvalue weighted by Gasteiger charge is -1.95. The molecule has 0 atom stereocenters. The van der Waals surface area contributed by atoms with Crippen molar-refractivity contribution < 1.29 is 5.11 Å². The van der Waals surface area contributed by atoms with E-state index < -0.39 is 0 Å². The predicted octanol–water partition coefficient (Wildman–Crippen LogP) is 2.48. The van der Waals surface area contributed by atoms with E-state index in [2.05, 4.69) is 19.1 Å². The Labute approximate surface area is 73.4 Å². The van der Waals surface area contributed by atoms with Crippen molar-refractivity contribution in [3.63, 3.8) is 0 Å². The van der Waals surface area contributed by atoms with E-state index >= 15 is 0 Å². The first-order valence-electron chi connectivity index (χ1n) is 3.49. The topological polar surface area (TPSA) is 20.2 Å². The third-order valence-electron chi connectivity index (χ3n) is 1.23. The van der Waals surface area contributed by atoms with Crippen LogP contribution in [0.2, 0.25) is 0 Å². The van der Waals surface area contributed by atoms with Gasteiger partial charge in [-0.25, -0.2) is 0 Å². The molecular weight excluding hydrogens is 148 g/mol. The minimum absolute atomic E-state index is 0.230. The minimum Gasteiger partial charge on any atom is -0.508 e. The molecule has 1 nitrogen and oxygen atoms in total. The highest BCUT2D eigenvalue weighted by Crippen LogP contribution is 2.13. The van der Waals surface area contributed by atoms with Crippen LogP contribution in [0.3, 0.4) is 0 Å². The first-order chi connectivity index (χ1) is 5.72. The van der Waals surface area contributed by atoms with E-state index in [1.54, 1.807) is 12.1 Å². The molecule has 0 aliphatic carbocycles. The highest BCUT2D eigenvalue weighted by molar-refractivity contribution is 5.41. The van der Waals surface area contributed by atoms with Gasteiger partial charge in [-0.2, -0.15) is 0 Å². The molecule has 0 spiro atoms. The van der Waals surface area contributed by atoms with Crippen LogP contribution in [0.1, 0.15) is 11.1 Å². The van der Waals surface area contributed by atoms with E-state index in [1.807, 2.05) is 13.0 Å². The fraction of sp³-hybridized carbons (Fsp3) is 0.0909. The summed E-state index contributed by atoms with van der Waals surface area (Å²) >= 11 is 0. The molecule has 1 N–H and O–H groups in total. The largest absolute Gasteiger partial charge is 0.508 e. The second-order valence-electron chi connectivity index (χ2n) is 2.20. The molecule has 1 aromatic carbocycles. The Kier molecular flexibility index (Phi) is 4.33.